The van der Waals surface area contributed by atoms with Crippen LogP contribution in [0.25, 0.3) is 6.08 Å². The van der Waals surface area contributed by atoms with Crippen LogP contribution in [0.4, 0.5) is 5.69 Å². The molecule has 3 nitrogen and oxygen atoms in total. The molecule has 0 radical (unpaired) electrons. The van der Waals surface area contributed by atoms with Crippen LogP contribution in [-0.4, -0.2) is 5.91 Å². The lowest BCUT2D eigenvalue weighted by Gasteiger charge is -2.05. The van der Waals surface area contributed by atoms with Gasteiger partial charge in [-0.05, 0) is 36.3 Å². The Kier molecular flexibility index (Phi) is 5.74. The standard InChI is InChI=1S/C19H15ClN2O/c1-14-10-11-17(12-18(14)20)22-19(23)16(13-21)9-5-8-15-6-3-2-4-7-15/h2-12H,1H3,(H,22,23)/b8-5+,16-9+. The van der Waals surface area contributed by atoms with Crippen molar-refractivity contribution in [2.24, 2.45) is 0 Å². The lowest BCUT2D eigenvalue weighted by atomic mass is 10.2. The van der Waals surface area contributed by atoms with Crippen molar-refractivity contribution < 1.29 is 4.79 Å². The Labute approximate surface area is 140 Å². The van der Waals surface area contributed by atoms with Gasteiger partial charge in [0.2, 0.25) is 0 Å². The summed E-state index contributed by atoms with van der Waals surface area (Å²) >= 11 is 6.02. The van der Waals surface area contributed by atoms with Gasteiger partial charge in [0, 0.05) is 10.7 Å². The van der Waals surface area contributed by atoms with Gasteiger partial charge in [0.25, 0.3) is 5.91 Å². The maximum atomic E-state index is 12.1. The normalized spacial score (nSPS) is 11.3. The maximum absolute atomic E-state index is 12.1. The van der Waals surface area contributed by atoms with Crippen LogP contribution in [0, 0.1) is 18.3 Å². The average Bonchev–Trinajstić information content (AvgIpc) is 2.56. The van der Waals surface area contributed by atoms with E-state index in [1.54, 1.807) is 18.2 Å². The molecule has 2 rings (SSSR count). The smallest absolute Gasteiger partial charge is 0.266 e. The van der Waals surface area contributed by atoms with E-state index in [-0.39, 0.29) is 5.57 Å². The Balaban J connectivity index is 2.09. The second-order valence-corrected chi connectivity index (χ2v) is 5.29. The molecule has 2 aromatic carbocycles. The summed E-state index contributed by atoms with van der Waals surface area (Å²) in [5.74, 6) is -0.467. The fourth-order valence-electron chi connectivity index (χ4n) is 1.85. The minimum atomic E-state index is -0.467. The van der Waals surface area contributed by atoms with Gasteiger partial charge in [0.15, 0.2) is 0 Å². The highest BCUT2D eigenvalue weighted by Gasteiger charge is 2.08. The summed E-state index contributed by atoms with van der Waals surface area (Å²) in [7, 11) is 0. The first kappa shape index (κ1) is 16.5. The number of aryl methyl sites for hydroxylation is 1. The lowest BCUT2D eigenvalue weighted by Crippen LogP contribution is -2.13. The number of carbonyl (C=O) groups excluding carboxylic acids is 1. The third kappa shape index (κ3) is 4.84. The van der Waals surface area contributed by atoms with Crippen molar-refractivity contribution >= 4 is 29.3 Å². The summed E-state index contributed by atoms with van der Waals surface area (Å²) in [6.45, 7) is 1.88. The third-order valence-electron chi connectivity index (χ3n) is 3.15. The fraction of sp³-hybridized carbons (Fsp3) is 0.0526. The molecule has 0 spiro atoms. The number of anilines is 1. The average molecular weight is 323 g/mol. The molecule has 0 fully saturated rings. The van der Waals surface area contributed by atoms with Crippen LogP contribution in [0.2, 0.25) is 5.02 Å². The number of halogens is 1. The highest BCUT2D eigenvalue weighted by atomic mass is 35.5. The van der Waals surface area contributed by atoms with Gasteiger partial charge in [0.1, 0.15) is 11.6 Å². The van der Waals surface area contributed by atoms with E-state index in [1.165, 1.54) is 6.08 Å². The minimum Gasteiger partial charge on any atom is -0.321 e. The summed E-state index contributed by atoms with van der Waals surface area (Å²) in [6.07, 6.45) is 4.99. The quantitative estimate of drug-likeness (QED) is 0.501. The predicted octanol–water partition coefficient (Wildman–Crippen LogP) is 4.75. The Morgan fingerprint density at radius 2 is 1.96 bits per heavy atom. The van der Waals surface area contributed by atoms with Gasteiger partial charge in [-0.1, -0.05) is 60.2 Å². The second kappa shape index (κ2) is 7.98. The molecule has 0 aromatic heterocycles. The molecular weight excluding hydrogens is 308 g/mol. The van der Waals surface area contributed by atoms with Crippen LogP contribution in [0.15, 0.2) is 66.3 Å². The number of nitrogens with one attached hydrogen (secondary N) is 1. The zero-order valence-corrected chi connectivity index (χ0v) is 13.3. The van der Waals surface area contributed by atoms with Crippen LogP contribution in [0.5, 0.6) is 0 Å². The van der Waals surface area contributed by atoms with Crippen molar-refractivity contribution in [2.75, 3.05) is 5.32 Å². The predicted molar refractivity (Wildman–Crippen MR) is 94.0 cm³/mol. The topological polar surface area (TPSA) is 52.9 Å². The summed E-state index contributed by atoms with van der Waals surface area (Å²) in [6, 6.07) is 16.7. The molecule has 0 aliphatic carbocycles. The zero-order chi connectivity index (χ0) is 16.7. The van der Waals surface area contributed by atoms with E-state index in [1.807, 2.05) is 55.5 Å². The van der Waals surface area contributed by atoms with Gasteiger partial charge in [-0.15, -0.1) is 0 Å². The van der Waals surface area contributed by atoms with Gasteiger partial charge in [-0.25, -0.2) is 0 Å². The highest BCUT2D eigenvalue weighted by molar-refractivity contribution is 6.31. The molecular formula is C19H15ClN2O. The highest BCUT2D eigenvalue weighted by Crippen LogP contribution is 2.20. The third-order valence-corrected chi connectivity index (χ3v) is 3.55. The molecule has 0 saturated carbocycles. The van der Waals surface area contributed by atoms with E-state index >= 15 is 0 Å². The number of hydrogen-bond donors (Lipinski definition) is 1. The van der Waals surface area contributed by atoms with E-state index in [9.17, 15) is 4.79 Å². The van der Waals surface area contributed by atoms with Gasteiger partial charge in [-0.2, -0.15) is 5.26 Å². The molecule has 0 unspecified atom stereocenters. The van der Waals surface area contributed by atoms with Gasteiger partial charge in [-0.3, -0.25) is 4.79 Å². The first-order valence-corrected chi connectivity index (χ1v) is 7.39. The van der Waals surface area contributed by atoms with Crippen LogP contribution < -0.4 is 5.32 Å². The van der Waals surface area contributed by atoms with Crippen molar-refractivity contribution in [2.45, 2.75) is 6.92 Å². The van der Waals surface area contributed by atoms with E-state index < -0.39 is 5.91 Å². The molecule has 1 amide bonds. The van der Waals surface area contributed by atoms with Crippen molar-refractivity contribution in [3.8, 4) is 6.07 Å². The SMILES string of the molecule is Cc1ccc(NC(=O)/C(C#N)=C/C=C/c2ccccc2)cc1Cl. The number of amides is 1. The summed E-state index contributed by atoms with van der Waals surface area (Å²) in [5.41, 5.74) is 2.49. The number of rotatable bonds is 4. The molecule has 0 saturated heterocycles. The maximum Gasteiger partial charge on any atom is 0.266 e. The summed E-state index contributed by atoms with van der Waals surface area (Å²) < 4.78 is 0. The zero-order valence-electron chi connectivity index (χ0n) is 12.6. The van der Waals surface area contributed by atoms with Gasteiger partial charge in [0.05, 0.1) is 0 Å². The van der Waals surface area contributed by atoms with Crippen molar-refractivity contribution in [1.29, 1.82) is 5.26 Å². The first-order chi connectivity index (χ1) is 11.1. The van der Waals surface area contributed by atoms with E-state index in [0.29, 0.717) is 10.7 Å². The number of hydrogen-bond acceptors (Lipinski definition) is 2. The van der Waals surface area contributed by atoms with E-state index in [2.05, 4.69) is 5.32 Å². The molecule has 0 aliphatic rings. The Morgan fingerprint density at radius 1 is 1.22 bits per heavy atom. The van der Waals surface area contributed by atoms with E-state index in [4.69, 9.17) is 16.9 Å². The van der Waals surface area contributed by atoms with Crippen molar-refractivity contribution in [3.63, 3.8) is 0 Å². The van der Waals surface area contributed by atoms with Crippen molar-refractivity contribution in [1.82, 2.24) is 0 Å². The number of benzene rings is 2. The van der Waals surface area contributed by atoms with Crippen LogP contribution in [0.3, 0.4) is 0 Å². The van der Waals surface area contributed by atoms with Gasteiger partial charge >= 0.3 is 0 Å². The molecule has 4 heteroatoms. The van der Waals surface area contributed by atoms with Crippen LogP contribution in [-0.2, 0) is 4.79 Å². The lowest BCUT2D eigenvalue weighted by molar-refractivity contribution is -0.112. The molecule has 1 N–H and O–H groups in total. The van der Waals surface area contributed by atoms with E-state index in [0.717, 1.165) is 11.1 Å². The first-order valence-electron chi connectivity index (χ1n) is 7.01. The van der Waals surface area contributed by atoms with Crippen LogP contribution in [0.1, 0.15) is 11.1 Å². The molecule has 23 heavy (non-hydrogen) atoms. The second-order valence-electron chi connectivity index (χ2n) is 4.88. The Hall–Kier alpha value is -2.83. The summed E-state index contributed by atoms with van der Waals surface area (Å²) in [5, 5.41) is 12.4. The molecule has 114 valence electrons. The number of allylic oxidation sites excluding steroid dienone is 2. The monoisotopic (exact) mass is 322 g/mol. The molecule has 0 aliphatic heterocycles. The molecule has 0 atom stereocenters. The van der Waals surface area contributed by atoms with Crippen LogP contribution >= 0.6 is 11.6 Å². The summed E-state index contributed by atoms with van der Waals surface area (Å²) in [4.78, 5) is 12.1. The van der Waals surface area contributed by atoms with Gasteiger partial charge < -0.3 is 5.32 Å². The number of nitrogens with zero attached hydrogens (tertiary/aromatic N) is 1. The minimum absolute atomic E-state index is 0.0221. The fourth-order valence-corrected chi connectivity index (χ4v) is 2.03. The molecule has 2 aromatic rings. The number of carbonyl (C=O) groups is 1. The largest absolute Gasteiger partial charge is 0.321 e. The Bertz CT molecular complexity index is 802. The van der Waals surface area contributed by atoms with Crippen molar-refractivity contribution in [3.05, 3.63) is 82.4 Å². The molecule has 0 bridgehead atoms. The molecule has 0 heterocycles. The Morgan fingerprint density at radius 3 is 2.61 bits per heavy atom. The number of nitriles is 1.